The SMILES string of the molecule is CC(C)(C)OC(=O)c1cc(NS(=O)(=O)c2ccc(Cl)c(Cl)c2)ccc1Oc1ccc2cc(C(=N)N)ccc2c1. The Hall–Kier alpha value is -3.79. The summed E-state index contributed by atoms with van der Waals surface area (Å²) in [7, 11) is -4.05. The maximum Gasteiger partial charge on any atom is 0.342 e. The molecule has 39 heavy (non-hydrogen) atoms. The van der Waals surface area contributed by atoms with Crippen LogP contribution in [0, 0.1) is 5.41 Å². The summed E-state index contributed by atoms with van der Waals surface area (Å²) in [6.07, 6.45) is 0. The number of nitrogens with one attached hydrogen (secondary N) is 2. The number of sulfonamides is 1. The first-order valence-corrected chi connectivity index (χ1v) is 13.9. The van der Waals surface area contributed by atoms with Gasteiger partial charge in [0.05, 0.1) is 14.9 Å². The molecule has 0 aliphatic rings. The molecule has 202 valence electrons. The average molecular weight is 586 g/mol. The number of benzene rings is 4. The van der Waals surface area contributed by atoms with E-state index in [1.165, 1.54) is 36.4 Å². The number of nitrogens with two attached hydrogens (primary N) is 1. The Kier molecular flexibility index (Phi) is 7.79. The highest BCUT2D eigenvalue weighted by Crippen LogP contribution is 2.33. The number of ether oxygens (including phenoxy) is 2. The third kappa shape index (κ3) is 6.81. The van der Waals surface area contributed by atoms with Gasteiger partial charge >= 0.3 is 5.97 Å². The summed E-state index contributed by atoms with van der Waals surface area (Å²) in [5.41, 5.74) is 5.51. The quantitative estimate of drug-likeness (QED) is 0.122. The molecule has 0 radical (unpaired) electrons. The van der Waals surface area contributed by atoms with Crippen molar-refractivity contribution in [2.24, 2.45) is 5.73 Å². The van der Waals surface area contributed by atoms with Crippen molar-refractivity contribution in [1.82, 2.24) is 0 Å². The van der Waals surface area contributed by atoms with Crippen LogP contribution in [0.2, 0.25) is 10.0 Å². The second-order valence-electron chi connectivity index (χ2n) is 9.63. The fraction of sp³-hybridized carbons (Fsp3) is 0.143. The van der Waals surface area contributed by atoms with Crippen LogP contribution in [0.25, 0.3) is 10.8 Å². The Labute approximate surface area is 236 Å². The van der Waals surface area contributed by atoms with Crippen LogP contribution in [0.3, 0.4) is 0 Å². The molecule has 0 spiro atoms. The molecule has 0 aliphatic carbocycles. The van der Waals surface area contributed by atoms with Gasteiger partial charge in [-0.15, -0.1) is 0 Å². The Morgan fingerprint density at radius 3 is 2.26 bits per heavy atom. The number of hydrogen-bond acceptors (Lipinski definition) is 6. The largest absolute Gasteiger partial charge is 0.456 e. The lowest BCUT2D eigenvalue weighted by molar-refractivity contribution is 0.00672. The summed E-state index contributed by atoms with van der Waals surface area (Å²) in [4.78, 5) is 13.0. The minimum atomic E-state index is -4.05. The molecule has 0 fully saturated rings. The lowest BCUT2D eigenvalue weighted by Gasteiger charge is -2.21. The number of carbonyl (C=O) groups excluding carboxylic acids is 1. The van der Waals surface area contributed by atoms with Gasteiger partial charge in [-0.1, -0.05) is 41.4 Å². The van der Waals surface area contributed by atoms with Crippen LogP contribution in [0.1, 0.15) is 36.7 Å². The molecule has 8 nitrogen and oxygen atoms in total. The molecule has 0 saturated heterocycles. The number of hydrogen-bond donors (Lipinski definition) is 3. The molecule has 0 bridgehead atoms. The molecule has 4 rings (SSSR count). The van der Waals surface area contributed by atoms with Crippen molar-refractivity contribution in [3.8, 4) is 11.5 Å². The molecule has 11 heteroatoms. The first kappa shape index (κ1) is 28.2. The summed E-state index contributed by atoms with van der Waals surface area (Å²) >= 11 is 11.9. The van der Waals surface area contributed by atoms with E-state index in [1.54, 1.807) is 45.0 Å². The molecule has 0 saturated carbocycles. The maximum atomic E-state index is 13.1. The van der Waals surface area contributed by atoms with Gasteiger partial charge in [-0.2, -0.15) is 0 Å². The van der Waals surface area contributed by atoms with Crippen LogP contribution < -0.4 is 15.2 Å². The number of halogens is 2. The van der Waals surface area contributed by atoms with Crippen molar-refractivity contribution in [3.05, 3.63) is 94.0 Å². The Balaban J connectivity index is 1.69. The molecule has 0 aliphatic heterocycles. The van der Waals surface area contributed by atoms with Crippen molar-refractivity contribution >= 4 is 61.5 Å². The van der Waals surface area contributed by atoms with Gasteiger partial charge < -0.3 is 15.2 Å². The van der Waals surface area contributed by atoms with Gasteiger partial charge in [-0.05, 0) is 86.1 Å². The zero-order chi connectivity index (χ0) is 28.5. The van der Waals surface area contributed by atoms with Gasteiger partial charge in [0.15, 0.2) is 0 Å². The van der Waals surface area contributed by atoms with E-state index >= 15 is 0 Å². The van der Waals surface area contributed by atoms with Crippen LogP contribution in [0.15, 0.2) is 77.7 Å². The number of nitrogen functional groups attached to an aromatic ring is 1. The number of rotatable bonds is 7. The number of fused-ring (bicyclic) bond motifs is 1. The topological polar surface area (TPSA) is 132 Å². The highest BCUT2D eigenvalue weighted by atomic mass is 35.5. The van der Waals surface area contributed by atoms with Crippen LogP contribution in [0.4, 0.5) is 5.69 Å². The van der Waals surface area contributed by atoms with Crippen molar-refractivity contribution in [3.63, 3.8) is 0 Å². The fourth-order valence-corrected chi connectivity index (χ4v) is 5.05. The van der Waals surface area contributed by atoms with Crippen LogP contribution >= 0.6 is 23.2 Å². The normalized spacial score (nSPS) is 11.7. The zero-order valence-corrected chi connectivity index (χ0v) is 23.5. The number of carbonyl (C=O) groups is 1. The van der Waals surface area contributed by atoms with Gasteiger partial charge in [-0.25, -0.2) is 13.2 Å². The number of esters is 1. The summed E-state index contributed by atoms with van der Waals surface area (Å²) in [6.45, 7) is 5.17. The minimum absolute atomic E-state index is 0.0197. The lowest BCUT2D eigenvalue weighted by Crippen LogP contribution is -2.24. The van der Waals surface area contributed by atoms with E-state index in [9.17, 15) is 13.2 Å². The van der Waals surface area contributed by atoms with Gasteiger partial charge in [0.25, 0.3) is 10.0 Å². The highest BCUT2D eigenvalue weighted by Gasteiger charge is 2.24. The Morgan fingerprint density at radius 2 is 1.59 bits per heavy atom. The number of amidine groups is 1. The summed E-state index contributed by atoms with van der Waals surface area (Å²) in [5.74, 6) is -0.123. The Morgan fingerprint density at radius 1 is 0.897 bits per heavy atom. The van der Waals surface area contributed by atoms with E-state index in [4.69, 9.17) is 43.8 Å². The monoisotopic (exact) mass is 585 g/mol. The third-order valence-corrected chi connectivity index (χ3v) is 7.52. The predicted molar refractivity (Wildman–Crippen MR) is 154 cm³/mol. The summed E-state index contributed by atoms with van der Waals surface area (Å²) in [5, 5.41) is 9.62. The van der Waals surface area contributed by atoms with Crippen molar-refractivity contribution < 1.29 is 22.7 Å². The Bertz CT molecular complexity index is 1720. The fourth-order valence-electron chi connectivity index (χ4n) is 3.61. The lowest BCUT2D eigenvalue weighted by atomic mass is 10.1. The van der Waals surface area contributed by atoms with E-state index in [0.717, 1.165) is 10.8 Å². The molecule has 0 atom stereocenters. The molecular weight excluding hydrogens is 561 g/mol. The van der Waals surface area contributed by atoms with Crippen LogP contribution in [0.5, 0.6) is 11.5 Å². The summed E-state index contributed by atoms with van der Waals surface area (Å²) in [6, 6.07) is 18.9. The number of anilines is 1. The molecular formula is C28H25Cl2N3O5S. The third-order valence-electron chi connectivity index (χ3n) is 5.40. The first-order chi connectivity index (χ1) is 18.2. The van der Waals surface area contributed by atoms with Crippen LogP contribution in [-0.4, -0.2) is 25.8 Å². The van der Waals surface area contributed by atoms with Gasteiger partial charge in [0.1, 0.15) is 28.5 Å². The van der Waals surface area contributed by atoms with Crippen molar-refractivity contribution in [2.45, 2.75) is 31.3 Å². The molecule has 4 aromatic rings. The predicted octanol–water partition coefficient (Wildman–Crippen LogP) is 6.98. The van der Waals surface area contributed by atoms with E-state index < -0.39 is 21.6 Å². The van der Waals surface area contributed by atoms with Crippen molar-refractivity contribution in [1.29, 1.82) is 5.41 Å². The van der Waals surface area contributed by atoms with E-state index in [0.29, 0.717) is 11.3 Å². The van der Waals surface area contributed by atoms with Gasteiger partial charge in [0.2, 0.25) is 0 Å². The second kappa shape index (κ2) is 10.8. The van der Waals surface area contributed by atoms with Gasteiger partial charge in [0, 0.05) is 11.3 Å². The van der Waals surface area contributed by atoms with E-state index in [1.807, 2.05) is 12.1 Å². The standard InChI is InChI=1S/C28H25Cl2N3O5S/c1-28(2,3)38-27(34)22-14-19(33-39(35,36)21-9-10-23(29)24(30)15-21)7-11-25(22)37-20-8-6-16-12-18(26(31)32)5-4-17(16)13-20/h4-15,33H,1-3H3,(H3,31,32). The smallest absolute Gasteiger partial charge is 0.342 e. The van der Waals surface area contributed by atoms with Crippen molar-refractivity contribution in [2.75, 3.05) is 4.72 Å². The molecule has 0 unspecified atom stereocenters. The minimum Gasteiger partial charge on any atom is -0.456 e. The van der Waals surface area contributed by atoms with E-state index in [-0.39, 0.29) is 37.8 Å². The highest BCUT2D eigenvalue weighted by molar-refractivity contribution is 7.92. The van der Waals surface area contributed by atoms with Crippen LogP contribution in [-0.2, 0) is 14.8 Å². The average Bonchev–Trinajstić information content (AvgIpc) is 2.84. The second-order valence-corrected chi connectivity index (χ2v) is 12.1. The molecule has 4 N–H and O–H groups in total. The molecule has 0 amide bonds. The molecule has 0 heterocycles. The zero-order valence-electron chi connectivity index (χ0n) is 21.2. The van der Waals surface area contributed by atoms with E-state index in [2.05, 4.69) is 4.72 Å². The molecule has 4 aromatic carbocycles. The molecule has 0 aromatic heterocycles. The summed E-state index contributed by atoms with van der Waals surface area (Å²) < 4.78 is 40.0. The van der Waals surface area contributed by atoms with Gasteiger partial charge in [-0.3, -0.25) is 10.1 Å². The maximum absolute atomic E-state index is 13.1. The first-order valence-electron chi connectivity index (χ1n) is 11.6.